The normalized spacial score (nSPS) is 19.2. The molecule has 1 aliphatic rings. The third-order valence-corrected chi connectivity index (χ3v) is 4.30. The van der Waals surface area contributed by atoms with E-state index in [1.54, 1.807) is 0 Å². The van der Waals surface area contributed by atoms with E-state index in [0.29, 0.717) is 0 Å². The van der Waals surface area contributed by atoms with Gasteiger partial charge in [0, 0.05) is 6.04 Å². The molecule has 108 valence electrons. The van der Waals surface area contributed by atoms with Crippen molar-refractivity contribution in [1.29, 1.82) is 0 Å². The number of benzene rings is 1. The molecule has 0 bridgehead atoms. The average Bonchev–Trinajstić information content (AvgIpc) is 2.49. The van der Waals surface area contributed by atoms with Crippen molar-refractivity contribution in [3.8, 4) is 12.3 Å². The van der Waals surface area contributed by atoms with Gasteiger partial charge in [-0.2, -0.15) is 0 Å². The third kappa shape index (κ3) is 4.37. The minimum Gasteiger partial charge on any atom is -0.327 e. The van der Waals surface area contributed by atoms with Gasteiger partial charge in [0.05, 0.1) is 5.54 Å². The number of hydrogen-bond donors (Lipinski definition) is 2. The van der Waals surface area contributed by atoms with Crippen LogP contribution >= 0.6 is 0 Å². The lowest BCUT2D eigenvalue weighted by atomic mass is 9.82. The molecule has 1 aromatic rings. The average molecular weight is 270 g/mol. The first kappa shape index (κ1) is 15.1. The van der Waals surface area contributed by atoms with E-state index < -0.39 is 0 Å². The van der Waals surface area contributed by atoms with Crippen LogP contribution in [0.5, 0.6) is 0 Å². The lowest BCUT2D eigenvalue weighted by molar-refractivity contribution is 0.297. The van der Waals surface area contributed by atoms with Crippen LogP contribution in [0.2, 0.25) is 0 Å². The molecule has 0 unspecified atom stereocenters. The van der Waals surface area contributed by atoms with E-state index in [0.717, 1.165) is 32.2 Å². The first-order chi connectivity index (χ1) is 9.74. The van der Waals surface area contributed by atoms with E-state index >= 15 is 0 Å². The Morgan fingerprint density at radius 1 is 1.20 bits per heavy atom. The van der Waals surface area contributed by atoms with Crippen LogP contribution in [-0.4, -0.2) is 18.1 Å². The van der Waals surface area contributed by atoms with Crippen molar-refractivity contribution in [1.82, 2.24) is 5.32 Å². The molecule has 2 heteroatoms. The van der Waals surface area contributed by atoms with Gasteiger partial charge in [0.25, 0.3) is 0 Å². The summed E-state index contributed by atoms with van der Waals surface area (Å²) in [7, 11) is 0. The summed E-state index contributed by atoms with van der Waals surface area (Å²) < 4.78 is 0. The maximum atomic E-state index is 6.21. The number of terminal acetylenes is 1. The highest BCUT2D eigenvalue weighted by molar-refractivity contribution is 5.16. The fourth-order valence-electron chi connectivity index (χ4n) is 3.04. The van der Waals surface area contributed by atoms with Crippen molar-refractivity contribution in [2.75, 3.05) is 6.54 Å². The van der Waals surface area contributed by atoms with Crippen molar-refractivity contribution in [3.05, 3.63) is 35.9 Å². The molecule has 0 heterocycles. The number of rotatable bonds is 6. The maximum absolute atomic E-state index is 6.21. The van der Waals surface area contributed by atoms with Crippen LogP contribution in [0.1, 0.15) is 44.1 Å². The summed E-state index contributed by atoms with van der Waals surface area (Å²) in [6, 6.07) is 10.6. The van der Waals surface area contributed by atoms with E-state index in [1.165, 1.54) is 24.8 Å². The molecule has 1 aliphatic carbocycles. The van der Waals surface area contributed by atoms with Crippen molar-refractivity contribution < 1.29 is 0 Å². The van der Waals surface area contributed by atoms with Gasteiger partial charge in [-0.3, -0.25) is 0 Å². The Morgan fingerprint density at radius 2 is 1.90 bits per heavy atom. The molecular weight excluding hydrogens is 244 g/mol. The third-order valence-electron chi connectivity index (χ3n) is 4.30. The maximum Gasteiger partial charge on any atom is 0.0798 e. The zero-order valence-corrected chi connectivity index (χ0v) is 12.3. The summed E-state index contributed by atoms with van der Waals surface area (Å²) in [4.78, 5) is 0. The summed E-state index contributed by atoms with van der Waals surface area (Å²) in [5.41, 5.74) is 7.46. The second-order valence-corrected chi connectivity index (χ2v) is 5.95. The van der Waals surface area contributed by atoms with Crippen LogP contribution in [0, 0.1) is 12.3 Å². The Morgan fingerprint density at radius 3 is 2.55 bits per heavy atom. The van der Waals surface area contributed by atoms with Gasteiger partial charge in [0.2, 0.25) is 0 Å². The first-order valence-corrected chi connectivity index (χ1v) is 7.76. The number of hydrogen-bond acceptors (Lipinski definition) is 2. The fourth-order valence-corrected chi connectivity index (χ4v) is 3.04. The van der Waals surface area contributed by atoms with Crippen molar-refractivity contribution >= 4 is 0 Å². The largest absolute Gasteiger partial charge is 0.327 e. The van der Waals surface area contributed by atoms with Crippen LogP contribution in [0.4, 0.5) is 0 Å². The van der Waals surface area contributed by atoms with Crippen molar-refractivity contribution in [3.63, 3.8) is 0 Å². The summed E-state index contributed by atoms with van der Waals surface area (Å²) >= 11 is 0. The van der Waals surface area contributed by atoms with Crippen molar-refractivity contribution in [2.24, 2.45) is 5.73 Å². The smallest absolute Gasteiger partial charge is 0.0798 e. The van der Waals surface area contributed by atoms with Gasteiger partial charge in [0.1, 0.15) is 0 Å². The van der Waals surface area contributed by atoms with Gasteiger partial charge in [-0.15, -0.1) is 6.42 Å². The van der Waals surface area contributed by atoms with E-state index in [4.69, 9.17) is 12.2 Å². The molecule has 0 aliphatic heterocycles. The standard InChI is InChI=1S/C18H26N2/c1-2-18(12-7-4-8-13-18)20-14-11-17(19)15-16-9-5-3-6-10-16/h1,3,5-6,9-10,17,20H,4,7-8,11-15,19H2/t17-/m1/s1. The van der Waals surface area contributed by atoms with Crippen LogP contribution in [0.15, 0.2) is 30.3 Å². The zero-order chi connectivity index (χ0) is 14.3. The zero-order valence-electron chi connectivity index (χ0n) is 12.3. The van der Waals surface area contributed by atoms with E-state index in [-0.39, 0.29) is 11.6 Å². The predicted octanol–water partition coefficient (Wildman–Crippen LogP) is 2.87. The highest BCUT2D eigenvalue weighted by Gasteiger charge is 2.28. The van der Waals surface area contributed by atoms with Gasteiger partial charge in [-0.25, -0.2) is 0 Å². The Bertz CT molecular complexity index is 426. The van der Waals surface area contributed by atoms with E-state index in [2.05, 4.69) is 35.5 Å². The van der Waals surface area contributed by atoms with Gasteiger partial charge >= 0.3 is 0 Å². The molecule has 0 amide bonds. The number of nitrogens with one attached hydrogen (secondary N) is 1. The van der Waals surface area contributed by atoms with Crippen LogP contribution < -0.4 is 11.1 Å². The van der Waals surface area contributed by atoms with E-state index in [9.17, 15) is 0 Å². The highest BCUT2D eigenvalue weighted by Crippen LogP contribution is 2.27. The SMILES string of the molecule is C#CC1(NCC[C@@H](N)Cc2ccccc2)CCCCC1. The summed E-state index contributed by atoms with van der Waals surface area (Å²) in [5, 5.41) is 3.59. The first-order valence-electron chi connectivity index (χ1n) is 7.76. The molecule has 0 radical (unpaired) electrons. The molecule has 0 saturated heterocycles. The molecule has 0 aromatic heterocycles. The second kappa shape index (κ2) is 7.47. The van der Waals surface area contributed by atoms with Crippen LogP contribution in [-0.2, 0) is 6.42 Å². The fraction of sp³-hybridized carbons (Fsp3) is 0.556. The molecule has 2 nitrogen and oxygen atoms in total. The lowest BCUT2D eigenvalue weighted by Gasteiger charge is -2.34. The molecular formula is C18H26N2. The molecule has 1 atom stereocenters. The molecule has 1 saturated carbocycles. The van der Waals surface area contributed by atoms with Gasteiger partial charge in [0.15, 0.2) is 0 Å². The Hall–Kier alpha value is -1.30. The topological polar surface area (TPSA) is 38.0 Å². The summed E-state index contributed by atoms with van der Waals surface area (Å²) in [5.74, 6) is 2.99. The van der Waals surface area contributed by atoms with E-state index in [1.807, 2.05) is 6.07 Å². The molecule has 0 spiro atoms. The molecule has 1 fully saturated rings. The molecule has 1 aromatic carbocycles. The Balaban J connectivity index is 1.73. The predicted molar refractivity (Wildman–Crippen MR) is 85.4 cm³/mol. The minimum absolute atomic E-state index is 0.0648. The summed E-state index contributed by atoms with van der Waals surface area (Å²) in [6.45, 7) is 0.915. The summed E-state index contributed by atoms with van der Waals surface area (Å²) in [6.07, 6.45) is 13.7. The Labute approximate surface area is 123 Å². The quantitative estimate of drug-likeness (QED) is 0.780. The van der Waals surface area contributed by atoms with Gasteiger partial charge in [-0.1, -0.05) is 55.5 Å². The van der Waals surface area contributed by atoms with Crippen molar-refractivity contribution in [2.45, 2.75) is 56.5 Å². The highest BCUT2D eigenvalue weighted by atomic mass is 15.0. The monoisotopic (exact) mass is 270 g/mol. The molecule has 3 N–H and O–H groups in total. The lowest BCUT2D eigenvalue weighted by Crippen LogP contribution is -2.47. The Kier molecular flexibility index (Phi) is 5.64. The molecule has 20 heavy (non-hydrogen) atoms. The second-order valence-electron chi connectivity index (χ2n) is 5.95. The van der Waals surface area contributed by atoms with Crippen LogP contribution in [0.25, 0.3) is 0 Å². The number of nitrogens with two attached hydrogens (primary N) is 1. The van der Waals surface area contributed by atoms with Gasteiger partial charge in [-0.05, 0) is 37.8 Å². The molecule has 2 rings (SSSR count). The van der Waals surface area contributed by atoms with Gasteiger partial charge < -0.3 is 11.1 Å². The van der Waals surface area contributed by atoms with Crippen LogP contribution in [0.3, 0.4) is 0 Å². The minimum atomic E-state index is -0.0648.